The smallest absolute Gasteiger partial charge is 0.321 e. The Labute approximate surface area is 191 Å². The number of urea groups is 2. The molecule has 0 spiro atoms. The van der Waals surface area contributed by atoms with E-state index in [1.165, 1.54) is 0 Å². The van der Waals surface area contributed by atoms with E-state index in [1.807, 2.05) is 43.3 Å². The van der Waals surface area contributed by atoms with Crippen LogP contribution in [0.15, 0.2) is 66.9 Å². The lowest BCUT2D eigenvalue weighted by atomic mass is 10.2. The molecule has 170 valence electrons. The number of hydrogen-bond donors (Lipinski definition) is 3. The highest BCUT2D eigenvalue weighted by atomic mass is 16.5. The summed E-state index contributed by atoms with van der Waals surface area (Å²) in [7, 11) is 0. The summed E-state index contributed by atoms with van der Waals surface area (Å²) < 4.78 is 11.4. The fourth-order valence-corrected chi connectivity index (χ4v) is 3.32. The number of para-hydroxylation sites is 2. The molecule has 33 heavy (non-hydrogen) atoms. The zero-order valence-electron chi connectivity index (χ0n) is 18.2. The Morgan fingerprint density at radius 3 is 2.70 bits per heavy atom. The number of pyridine rings is 1. The predicted octanol–water partition coefficient (Wildman–Crippen LogP) is 4.12. The number of amides is 4. The van der Waals surface area contributed by atoms with Crippen molar-refractivity contribution in [2.24, 2.45) is 0 Å². The maximum absolute atomic E-state index is 12.3. The predicted molar refractivity (Wildman–Crippen MR) is 125 cm³/mol. The number of carbonyl (C=O) groups is 2. The van der Waals surface area contributed by atoms with Gasteiger partial charge in [0.2, 0.25) is 5.88 Å². The molecule has 1 fully saturated rings. The van der Waals surface area contributed by atoms with Crippen molar-refractivity contribution in [3.8, 4) is 17.4 Å². The highest BCUT2D eigenvalue weighted by molar-refractivity contribution is 5.95. The quantitative estimate of drug-likeness (QED) is 0.482. The van der Waals surface area contributed by atoms with E-state index in [0.29, 0.717) is 49.3 Å². The molecule has 0 aliphatic carbocycles. The molecular weight excluding hydrogens is 422 g/mol. The fourth-order valence-electron chi connectivity index (χ4n) is 3.32. The van der Waals surface area contributed by atoms with Gasteiger partial charge in [-0.3, -0.25) is 4.90 Å². The van der Waals surface area contributed by atoms with Gasteiger partial charge in [0.25, 0.3) is 0 Å². The average Bonchev–Trinajstić information content (AvgIpc) is 3.26. The number of carbonyl (C=O) groups excluding carboxylic acids is 2. The lowest BCUT2D eigenvalue weighted by molar-refractivity contribution is 0.251. The molecule has 3 N–H and O–H groups in total. The van der Waals surface area contributed by atoms with Gasteiger partial charge < -0.3 is 25.4 Å². The first kappa shape index (κ1) is 21.9. The second-order valence-corrected chi connectivity index (χ2v) is 7.23. The van der Waals surface area contributed by atoms with E-state index in [1.54, 1.807) is 35.4 Å². The van der Waals surface area contributed by atoms with Crippen molar-refractivity contribution >= 4 is 23.4 Å². The van der Waals surface area contributed by atoms with Gasteiger partial charge in [0.1, 0.15) is 0 Å². The number of rotatable bonds is 8. The van der Waals surface area contributed by atoms with Crippen molar-refractivity contribution in [2.75, 3.05) is 29.9 Å². The monoisotopic (exact) mass is 447 g/mol. The van der Waals surface area contributed by atoms with Crippen molar-refractivity contribution < 1.29 is 19.1 Å². The van der Waals surface area contributed by atoms with Gasteiger partial charge in [0.15, 0.2) is 11.5 Å². The summed E-state index contributed by atoms with van der Waals surface area (Å²) in [4.78, 5) is 30.1. The van der Waals surface area contributed by atoms with Gasteiger partial charge in [-0.15, -0.1) is 0 Å². The number of aromatic nitrogens is 1. The number of nitrogens with zero attached hydrogens (tertiary/aromatic N) is 2. The van der Waals surface area contributed by atoms with Crippen molar-refractivity contribution in [3.05, 3.63) is 72.4 Å². The van der Waals surface area contributed by atoms with Gasteiger partial charge in [-0.1, -0.05) is 24.3 Å². The highest BCUT2D eigenvalue weighted by Gasteiger charge is 2.21. The number of ether oxygens (including phenoxy) is 2. The minimum atomic E-state index is -0.357. The molecule has 1 aliphatic rings. The molecule has 0 radical (unpaired) electrons. The van der Waals surface area contributed by atoms with Crippen LogP contribution in [0.3, 0.4) is 0 Å². The normalized spacial score (nSPS) is 12.8. The summed E-state index contributed by atoms with van der Waals surface area (Å²) in [5.41, 5.74) is 2.14. The molecule has 0 saturated carbocycles. The van der Waals surface area contributed by atoms with E-state index in [2.05, 4.69) is 20.9 Å². The summed E-state index contributed by atoms with van der Waals surface area (Å²) in [5.74, 6) is 1.67. The molecule has 0 bridgehead atoms. The molecule has 0 atom stereocenters. The third-order valence-electron chi connectivity index (χ3n) is 4.89. The number of hydrogen-bond acceptors (Lipinski definition) is 5. The Kier molecular flexibility index (Phi) is 6.89. The van der Waals surface area contributed by atoms with Crippen LogP contribution in [0, 0.1) is 0 Å². The second-order valence-electron chi connectivity index (χ2n) is 7.23. The largest absolute Gasteiger partial charge is 0.490 e. The molecule has 1 aromatic heterocycles. The van der Waals surface area contributed by atoms with Crippen LogP contribution in [-0.4, -0.2) is 36.7 Å². The van der Waals surface area contributed by atoms with Crippen LogP contribution < -0.4 is 30.3 Å². The van der Waals surface area contributed by atoms with E-state index >= 15 is 0 Å². The first-order valence-electron chi connectivity index (χ1n) is 10.7. The molecule has 9 heteroatoms. The van der Waals surface area contributed by atoms with Crippen LogP contribution in [0.4, 0.5) is 21.0 Å². The van der Waals surface area contributed by atoms with Gasteiger partial charge in [0.05, 0.1) is 6.61 Å². The van der Waals surface area contributed by atoms with Crippen molar-refractivity contribution in [1.29, 1.82) is 0 Å². The first-order valence-corrected chi connectivity index (χ1v) is 10.7. The van der Waals surface area contributed by atoms with Crippen molar-refractivity contribution in [2.45, 2.75) is 13.5 Å². The molecule has 4 rings (SSSR count). The Hall–Kier alpha value is -4.27. The first-order chi connectivity index (χ1) is 16.1. The van der Waals surface area contributed by atoms with Crippen LogP contribution >= 0.6 is 0 Å². The molecule has 2 heterocycles. The molecule has 4 amide bonds. The lowest BCUT2D eigenvalue weighted by Crippen LogP contribution is -2.29. The van der Waals surface area contributed by atoms with Crippen LogP contribution in [-0.2, 0) is 6.54 Å². The van der Waals surface area contributed by atoms with Crippen molar-refractivity contribution in [1.82, 2.24) is 15.6 Å². The summed E-state index contributed by atoms with van der Waals surface area (Å²) in [6, 6.07) is 17.6. The standard InChI is InChI=1S/C24H25N5O4/c1-2-32-20-8-3-4-9-21(20)33-22-11-10-17(15-26-22)16-27-23(30)28-18-6-5-7-19(14-18)29-13-12-25-24(29)31/h3-11,14-15H,2,12-13,16H2,1H3,(H,25,31)(H2,27,28,30). The molecule has 9 nitrogen and oxygen atoms in total. The fraction of sp³-hybridized carbons (Fsp3) is 0.208. The molecule has 3 aromatic rings. The molecule has 0 unspecified atom stereocenters. The Morgan fingerprint density at radius 2 is 1.97 bits per heavy atom. The van der Waals surface area contributed by atoms with E-state index < -0.39 is 0 Å². The van der Waals surface area contributed by atoms with Crippen LogP contribution in [0.2, 0.25) is 0 Å². The van der Waals surface area contributed by atoms with E-state index in [9.17, 15) is 9.59 Å². The number of nitrogens with one attached hydrogen (secondary N) is 3. The second kappa shape index (κ2) is 10.4. The van der Waals surface area contributed by atoms with Crippen LogP contribution in [0.1, 0.15) is 12.5 Å². The molecular formula is C24H25N5O4. The van der Waals surface area contributed by atoms with Gasteiger partial charge in [-0.25, -0.2) is 14.6 Å². The Morgan fingerprint density at radius 1 is 1.12 bits per heavy atom. The van der Waals surface area contributed by atoms with Gasteiger partial charge >= 0.3 is 12.1 Å². The minimum Gasteiger partial charge on any atom is -0.490 e. The van der Waals surface area contributed by atoms with Gasteiger partial charge in [-0.05, 0) is 42.8 Å². The summed E-state index contributed by atoms with van der Waals surface area (Å²) in [6.45, 7) is 3.95. The highest BCUT2D eigenvalue weighted by Crippen LogP contribution is 2.30. The molecule has 2 aromatic carbocycles. The van der Waals surface area contributed by atoms with E-state index in [-0.39, 0.29) is 12.1 Å². The van der Waals surface area contributed by atoms with Gasteiger partial charge in [0, 0.05) is 43.3 Å². The average molecular weight is 447 g/mol. The van der Waals surface area contributed by atoms with Crippen molar-refractivity contribution in [3.63, 3.8) is 0 Å². The summed E-state index contributed by atoms with van der Waals surface area (Å²) in [6.07, 6.45) is 1.64. The van der Waals surface area contributed by atoms with Crippen LogP contribution in [0.5, 0.6) is 17.4 Å². The third-order valence-corrected chi connectivity index (χ3v) is 4.89. The SMILES string of the molecule is CCOc1ccccc1Oc1ccc(CNC(=O)Nc2cccc(N3CCNC3=O)c2)cn1. The number of benzene rings is 2. The summed E-state index contributed by atoms with van der Waals surface area (Å²) in [5, 5.41) is 8.34. The maximum Gasteiger partial charge on any atom is 0.321 e. The van der Waals surface area contributed by atoms with Crippen LogP contribution in [0.25, 0.3) is 0 Å². The van der Waals surface area contributed by atoms with Gasteiger partial charge in [-0.2, -0.15) is 0 Å². The topological polar surface area (TPSA) is 105 Å². The Balaban J connectivity index is 1.30. The zero-order valence-corrected chi connectivity index (χ0v) is 18.2. The van der Waals surface area contributed by atoms with E-state index in [0.717, 1.165) is 11.3 Å². The third kappa shape index (κ3) is 5.70. The van der Waals surface area contributed by atoms with E-state index in [4.69, 9.17) is 9.47 Å². The Bertz CT molecular complexity index is 1120. The zero-order chi connectivity index (χ0) is 23.0. The molecule has 1 aliphatic heterocycles. The lowest BCUT2D eigenvalue weighted by Gasteiger charge is -2.15. The maximum atomic E-state index is 12.3. The minimum absolute atomic E-state index is 0.141. The molecule has 1 saturated heterocycles. The summed E-state index contributed by atoms with van der Waals surface area (Å²) >= 11 is 0. The number of anilines is 2.